The number of furan rings is 1. The Morgan fingerprint density at radius 2 is 2.29 bits per heavy atom. The summed E-state index contributed by atoms with van der Waals surface area (Å²) in [7, 11) is 0. The van der Waals surface area contributed by atoms with E-state index in [9.17, 15) is 9.90 Å². The highest BCUT2D eigenvalue weighted by molar-refractivity contribution is 5.85. The molecule has 5 nitrogen and oxygen atoms in total. The predicted molar refractivity (Wildman–Crippen MR) is 57.8 cm³/mol. The molecule has 1 N–H and O–H groups in total. The number of nitrogens with zero attached hydrogens (tertiary/aromatic N) is 1. The van der Waals surface area contributed by atoms with Gasteiger partial charge in [0.05, 0.1) is 24.5 Å². The van der Waals surface area contributed by atoms with Gasteiger partial charge in [0, 0.05) is 18.3 Å². The van der Waals surface area contributed by atoms with E-state index in [0.29, 0.717) is 18.8 Å². The van der Waals surface area contributed by atoms with Crippen molar-refractivity contribution in [3.8, 4) is 0 Å². The number of carbonyl (C=O) groups excluding carboxylic acids is 1. The zero-order valence-corrected chi connectivity index (χ0v) is 9.05. The third kappa shape index (κ3) is 3.15. The summed E-state index contributed by atoms with van der Waals surface area (Å²) in [4.78, 5) is 14.7. The second kappa shape index (κ2) is 5.27. The average molecular weight is 231 g/mol. The van der Waals surface area contributed by atoms with Crippen molar-refractivity contribution < 1.29 is 14.3 Å². The molecule has 0 saturated carbocycles. The summed E-state index contributed by atoms with van der Waals surface area (Å²) >= 11 is 0. The van der Waals surface area contributed by atoms with Crippen LogP contribution >= 0.6 is 0 Å². The van der Waals surface area contributed by atoms with Crippen LogP contribution in [0.15, 0.2) is 41.1 Å². The second-order valence-electron chi connectivity index (χ2n) is 3.51. The van der Waals surface area contributed by atoms with Crippen molar-refractivity contribution >= 4 is 5.97 Å². The first-order valence-electron chi connectivity index (χ1n) is 5.15. The van der Waals surface area contributed by atoms with E-state index in [4.69, 9.17) is 4.42 Å². The molecular formula is C12H11N2O3-. The van der Waals surface area contributed by atoms with Crippen LogP contribution in [0.1, 0.15) is 21.8 Å². The molecule has 0 atom stereocenters. The Bertz CT molecular complexity index is 494. The van der Waals surface area contributed by atoms with Gasteiger partial charge < -0.3 is 19.6 Å². The number of hydrogen-bond donors (Lipinski definition) is 1. The second-order valence-corrected chi connectivity index (χ2v) is 3.51. The Labute approximate surface area is 98.1 Å². The van der Waals surface area contributed by atoms with Crippen molar-refractivity contribution in [1.29, 1.82) is 0 Å². The van der Waals surface area contributed by atoms with Crippen LogP contribution in [-0.4, -0.2) is 11.0 Å². The van der Waals surface area contributed by atoms with E-state index in [0.717, 1.165) is 5.76 Å². The summed E-state index contributed by atoms with van der Waals surface area (Å²) < 4.78 is 5.15. The average Bonchev–Trinajstić information content (AvgIpc) is 2.82. The van der Waals surface area contributed by atoms with Gasteiger partial charge in [0.15, 0.2) is 0 Å². The maximum absolute atomic E-state index is 10.6. The van der Waals surface area contributed by atoms with Gasteiger partial charge in [-0.1, -0.05) is 0 Å². The summed E-state index contributed by atoms with van der Waals surface area (Å²) in [6, 6.07) is 6.57. The first-order chi connectivity index (χ1) is 8.25. The molecule has 0 unspecified atom stereocenters. The molecule has 0 aliphatic rings. The first kappa shape index (κ1) is 11.3. The van der Waals surface area contributed by atoms with Gasteiger partial charge in [-0.15, -0.1) is 0 Å². The lowest BCUT2D eigenvalue weighted by Crippen LogP contribution is -2.23. The predicted octanol–water partition coefficient (Wildman–Crippen LogP) is 0.328. The van der Waals surface area contributed by atoms with E-state index in [-0.39, 0.29) is 5.56 Å². The number of aromatic nitrogens is 1. The number of hydrogen-bond acceptors (Lipinski definition) is 5. The van der Waals surface area contributed by atoms with E-state index >= 15 is 0 Å². The SMILES string of the molecule is O=C([O-])c1ccnc(CNCc2ccco2)c1. The van der Waals surface area contributed by atoms with Crippen LogP contribution in [0.25, 0.3) is 0 Å². The van der Waals surface area contributed by atoms with Crippen molar-refractivity contribution in [3.63, 3.8) is 0 Å². The van der Waals surface area contributed by atoms with Gasteiger partial charge in [-0.25, -0.2) is 0 Å². The van der Waals surface area contributed by atoms with E-state index in [1.165, 1.54) is 18.3 Å². The Hall–Kier alpha value is -2.14. The standard InChI is InChI=1S/C12H12N2O3/c15-12(16)9-3-4-14-10(6-9)7-13-8-11-2-1-5-17-11/h1-6,13H,7-8H2,(H,15,16)/p-1. The van der Waals surface area contributed by atoms with Gasteiger partial charge in [0.25, 0.3) is 0 Å². The van der Waals surface area contributed by atoms with Gasteiger partial charge in [-0.2, -0.15) is 0 Å². The Balaban J connectivity index is 1.90. The highest BCUT2D eigenvalue weighted by Gasteiger charge is 1.99. The molecule has 0 aliphatic carbocycles. The summed E-state index contributed by atoms with van der Waals surface area (Å²) in [5.74, 6) is -0.374. The van der Waals surface area contributed by atoms with Crippen LogP contribution in [0, 0.1) is 0 Å². The molecule has 0 fully saturated rings. The quantitative estimate of drug-likeness (QED) is 0.802. The molecule has 0 saturated heterocycles. The molecule has 2 aromatic heterocycles. The topological polar surface area (TPSA) is 78.2 Å². The molecular weight excluding hydrogens is 220 g/mol. The molecule has 0 radical (unpaired) electrons. The maximum Gasteiger partial charge on any atom is 0.117 e. The molecule has 0 spiro atoms. The zero-order valence-electron chi connectivity index (χ0n) is 9.05. The highest BCUT2D eigenvalue weighted by atomic mass is 16.4. The molecule has 0 aliphatic heterocycles. The summed E-state index contributed by atoms with van der Waals surface area (Å²) in [5, 5.41) is 13.7. The van der Waals surface area contributed by atoms with Crippen LogP contribution in [0.3, 0.4) is 0 Å². The number of carboxylic acid groups (broad SMARTS) is 1. The number of nitrogens with one attached hydrogen (secondary N) is 1. The highest BCUT2D eigenvalue weighted by Crippen LogP contribution is 2.02. The molecule has 17 heavy (non-hydrogen) atoms. The zero-order chi connectivity index (χ0) is 12.1. The van der Waals surface area contributed by atoms with E-state index in [1.54, 1.807) is 6.26 Å². The molecule has 2 heterocycles. The largest absolute Gasteiger partial charge is 0.545 e. The third-order valence-electron chi connectivity index (χ3n) is 2.24. The van der Waals surface area contributed by atoms with E-state index in [1.807, 2.05) is 12.1 Å². The van der Waals surface area contributed by atoms with Crippen molar-refractivity contribution in [2.45, 2.75) is 13.1 Å². The van der Waals surface area contributed by atoms with Gasteiger partial charge in [-0.3, -0.25) is 4.98 Å². The smallest absolute Gasteiger partial charge is 0.117 e. The lowest BCUT2D eigenvalue weighted by molar-refractivity contribution is -0.255. The normalized spacial score (nSPS) is 10.4. The van der Waals surface area contributed by atoms with Crippen LogP contribution in [0.5, 0.6) is 0 Å². The summed E-state index contributed by atoms with van der Waals surface area (Å²) in [6.07, 6.45) is 3.06. The number of aromatic carboxylic acids is 1. The minimum absolute atomic E-state index is 0.134. The molecule has 88 valence electrons. The third-order valence-corrected chi connectivity index (χ3v) is 2.24. The van der Waals surface area contributed by atoms with Crippen LogP contribution < -0.4 is 10.4 Å². The fraction of sp³-hybridized carbons (Fsp3) is 0.167. The van der Waals surface area contributed by atoms with Crippen molar-refractivity contribution in [3.05, 3.63) is 53.7 Å². The number of carboxylic acids is 1. The monoisotopic (exact) mass is 231 g/mol. The first-order valence-corrected chi connectivity index (χ1v) is 5.15. The minimum atomic E-state index is -1.19. The Kier molecular flexibility index (Phi) is 3.52. The Morgan fingerprint density at radius 1 is 1.41 bits per heavy atom. The van der Waals surface area contributed by atoms with Gasteiger partial charge in [0.1, 0.15) is 5.76 Å². The fourth-order valence-electron chi connectivity index (χ4n) is 1.43. The van der Waals surface area contributed by atoms with Crippen molar-refractivity contribution in [2.24, 2.45) is 0 Å². The van der Waals surface area contributed by atoms with Crippen molar-refractivity contribution in [1.82, 2.24) is 10.3 Å². The lowest BCUT2D eigenvalue weighted by atomic mass is 10.2. The molecule has 5 heteroatoms. The van der Waals surface area contributed by atoms with Crippen molar-refractivity contribution in [2.75, 3.05) is 0 Å². The number of carbonyl (C=O) groups is 1. The number of rotatable bonds is 5. The number of pyridine rings is 1. The molecule has 2 rings (SSSR count). The molecule has 0 amide bonds. The van der Waals surface area contributed by atoms with Crippen LogP contribution in [0.2, 0.25) is 0 Å². The Morgan fingerprint density at radius 3 is 3.00 bits per heavy atom. The summed E-state index contributed by atoms with van der Waals surface area (Å²) in [6.45, 7) is 1.05. The van der Waals surface area contributed by atoms with E-state index in [2.05, 4.69) is 10.3 Å². The summed E-state index contributed by atoms with van der Waals surface area (Å²) in [5.41, 5.74) is 0.785. The van der Waals surface area contributed by atoms with Gasteiger partial charge in [0.2, 0.25) is 0 Å². The maximum atomic E-state index is 10.6. The molecule has 0 bridgehead atoms. The van der Waals surface area contributed by atoms with E-state index < -0.39 is 5.97 Å². The van der Waals surface area contributed by atoms with Crippen LogP contribution in [0.4, 0.5) is 0 Å². The molecule has 0 aromatic carbocycles. The molecule has 2 aromatic rings. The minimum Gasteiger partial charge on any atom is -0.545 e. The van der Waals surface area contributed by atoms with Gasteiger partial charge in [-0.05, 0) is 24.3 Å². The lowest BCUT2D eigenvalue weighted by Gasteiger charge is -2.05. The van der Waals surface area contributed by atoms with Crippen LogP contribution in [-0.2, 0) is 13.1 Å². The fourth-order valence-corrected chi connectivity index (χ4v) is 1.43. The van der Waals surface area contributed by atoms with Gasteiger partial charge >= 0.3 is 0 Å².